The molecule has 138 valence electrons. The van der Waals surface area contributed by atoms with Gasteiger partial charge in [-0.3, -0.25) is 0 Å². The molecule has 1 N–H and O–H groups in total. The van der Waals surface area contributed by atoms with Gasteiger partial charge in [0.05, 0.1) is 16.5 Å². The first-order valence-corrected chi connectivity index (χ1v) is 8.76. The van der Waals surface area contributed by atoms with Gasteiger partial charge in [0.2, 0.25) is 9.84 Å². The third-order valence-electron chi connectivity index (χ3n) is 4.15. The highest BCUT2D eigenvalue weighted by atomic mass is 32.2. The largest absolute Gasteiger partial charge is 0.456 e. The van der Waals surface area contributed by atoms with E-state index in [0.717, 1.165) is 30.3 Å². The first-order chi connectivity index (χ1) is 12.5. The summed E-state index contributed by atoms with van der Waals surface area (Å²) in [6.45, 7) is 0.580. The lowest BCUT2D eigenvalue weighted by Crippen LogP contribution is -2.42. The molecule has 10 heteroatoms. The number of hydrogen-bond acceptors (Lipinski definition) is 6. The van der Waals surface area contributed by atoms with Crippen LogP contribution in [0.2, 0.25) is 0 Å². The van der Waals surface area contributed by atoms with Gasteiger partial charge in [0, 0.05) is 11.6 Å². The van der Waals surface area contributed by atoms with Crippen LogP contribution in [0.5, 0.6) is 11.5 Å². The molecule has 1 atom stereocenters. The molecular weight excluding hydrogens is 385 g/mol. The Morgan fingerprint density at radius 1 is 1.15 bits per heavy atom. The van der Waals surface area contributed by atoms with Crippen LogP contribution < -0.4 is 4.74 Å². The van der Waals surface area contributed by atoms with Crippen molar-refractivity contribution < 1.29 is 31.4 Å². The number of aliphatic hydroxyl groups is 1. The molecule has 3 rings (SSSR count). The van der Waals surface area contributed by atoms with Gasteiger partial charge in [0.25, 0.3) is 0 Å². The topological polar surface area (TPSA) is 111 Å². The van der Waals surface area contributed by atoms with Crippen LogP contribution in [0.4, 0.5) is 13.2 Å². The van der Waals surface area contributed by atoms with E-state index in [0.29, 0.717) is 6.92 Å². The Kier molecular flexibility index (Phi) is 3.95. The Morgan fingerprint density at radius 3 is 2.41 bits per heavy atom. The molecule has 1 unspecified atom stereocenters. The van der Waals surface area contributed by atoms with Crippen molar-refractivity contribution in [3.63, 3.8) is 0 Å². The summed E-state index contributed by atoms with van der Waals surface area (Å²) in [5, 5.41) is 23.9. The average Bonchev–Trinajstić information content (AvgIpc) is 2.69. The summed E-state index contributed by atoms with van der Waals surface area (Å²) >= 11 is 0. The number of nitriles is 2. The van der Waals surface area contributed by atoms with Gasteiger partial charge >= 0.3 is 5.25 Å². The lowest BCUT2D eigenvalue weighted by Gasteiger charge is -2.25. The Balaban J connectivity index is 2.23. The molecule has 0 saturated heterocycles. The third kappa shape index (κ3) is 2.46. The van der Waals surface area contributed by atoms with Crippen molar-refractivity contribution in [1.82, 2.24) is 0 Å². The van der Waals surface area contributed by atoms with Crippen molar-refractivity contribution in [3.8, 4) is 23.6 Å². The molecule has 0 aliphatic carbocycles. The number of ether oxygens (including phenoxy) is 1. The van der Waals surface area contributed by atoms with E-state index in [2.05, 4.69) is 0 Å². The summed E-state index contributed by atoms with van der Waals surface area (Å²) < 4.78 is 71.4. The van der Waals surface area contributed by atoms with E-state index in [-0.39, 0.29) is 17.1 Å². The molecule has 0 saturated carbocycles. The van der Waals surface area contributed by atoms with E-state index < -0.39 is 42.5 Å². The zero-order valence-corrected chi connectivity index (χ0v) is 14.3. The highest BCUT2D eigenvalue weighted by Gasteiger charge is 2.68. The van der Waals surface area contributed by atoms with Gasteiger partial charge in [0.15, 0.2) is 5.60 Å². The highest BCUT2D eigenvalue weighted by Crippen LogP contribution is 2.55. The summed E-state index contributed by atoms with van der Waals surface area (Å²) in [5.41, 5.74) is -4.71. The van der Waals surface area contributed by atoms with Crippen molar-refractivity contribution in [2.45, 2.75) is 22.7 Å². The van der Waals surface area contributed by atoms with Crippen LogP contribution in [-0.2, 0) is 15.4 Å². The van der Waals surface area contributed by atoms with Gasteiger partial charge in [-0.1, -0.05) is 0 Å². The number of benzene rings is 2. The molecule has 0 spiro atoms. The first kappa shape index (κ1) is 18.7. The fraction of sp³-hybridized carbons (Fsp3) is 0.176. The van der Waals surface area contributed by atoms with Crippen molar-refractivity contribution in [2.75, 3.05) is 0 Å². The fourth-order valence-corrected chi connectivity index (χ4v) is 4.54. The number of fused-ring (bicyclic) bond motifs is 1. The average molecular weight is 394 g/mol. The van der Waals surface area contributed by atoms with E-state index in [1.165, 1.54) is 0 Å². The molecule has 1 aliphatic rings. The second-order valence-corrected chi connectivity index (χ2v) is 7.86. The molecule has 1 aliphatic heterocycles. The predicted molar refractivity (Wildman–Crippen MR) is 84.0 cm³/mol. The van der Waals surface area contributed by atoms with Crippen molar-refractivity contribution in [1.29, 1.82) is 10.5 Å². The van der Waals surface area contributed by atoms with Gasteiger partial charge in [0.1, 0.15) is 28.9 Å². The third-order valence-corrected chi connectivity index (χ3v) is 6.14. The molecule has 2 aromatic carbocycles. The SMILES string of the molecule is CC1(O)c2c(ccc(Oc3cc(F)cc(C#N)c3)c2C#N)S(=O)(=O)C1(F)F. The number of halogens is 3. The second-order valence-electron chi connectivity index (χ2n) is 5.91. The molecule has 0 bridgehead atoms. The monoisotopic (exact) mass is 394 g/mol. The minimum absolute atomic E-state index is 0.0919. The zero-order chi connectivity index (χ0) is 20.2. The Bertz CT molecular complexity index is 1160. The summed E-state index contributed by atoms with van der Waals surface area (Å²) in [7, 11) is -5.22. The van der Waals surface area contributed by atoms with Crippen LogP contribution in [0.3, 0.4) is 0 Å². The summed E-state index contributed by atoms with van der Waals surface area (Å²) in [5.74, 6) is -1.40. The lowest BCUT2D eigenvalue weighted by molar-refractivity contribution is -0.115. The second kappa shape index (κ2) is 5.71. The maximum Gasteiger partial charge on any atom is 0.381 e. The van der Waals surface area contributed by atoms with Crippen LogP contribution in [0, 0.1) is 28.5 Å². The Labute approximate surface area is 151 Å². The number of alkyl halides is 2. The first-order valence-electron chi connectivity index (χ1n) is 7.28. The van der Waals surface area contributed by atoms with Gasteiger partial charge < -0.3 is 9.84 Å². The van der Waals surface area contributed by atoms with Gasteiger partial charge in [-0.25, -0.2) is 12.8 Å². The maximum atomic E-state index is 14.2. The van der Waals surface area contributed by atoms with Gasteiger partial charge in [-0.15, -0.1) is 0 Å². The number of sulfone groups is 1. The number of rotatable bonds is 2. The molecule has 6 nitrogen and oxygen atoms in total. The highest BCUT2D eigenvalue weighted by molar-refractivity contribution is 7.93. The van der Waals surface area contributed by atoms with Crippen molar-refractivity contribution >= 4 is 9.84 Å². The minimum atomic E-state index is -5.22. The molecule has 1 heterocycles. The van der Waals surface area contributed by atoms with Gasteiger partial charge in [-0.05, 0) is 31.2 Å². The quantitative estimate of drug-likeness (QED) is 0.838. The van der Waals surface area contributed by atoms with Gasteiger partial charge in [-0.2, -0.15) is 19.3 Å². The minimum Gasteiger partial charge on any atom is -0.456 e. The number of nitrogens with zero attached hydrogens (tertiary/aromatic N) is 2. The van der Waals surface area contributed by atoms with E-state index in [9.17, 15) is 32.0 Å². The van der Waals surface area contributed by atoms with Crippen LogP contribution in [0.25, 0.3) is 0 Å². The van der Waals surface area contributed by atoms with E-state index in [1.54, 1.807) is 12.1 Å². The lowest BCUT2D eigenvalue weighted by atomic mass is 9.91. The summed E-state index contributed by atoms with van der Waals surface area (Å²) in [4.78, 5) is -0.890. The molecule has 0 radical (unpaired) electrons. The zero-order valence-electron chi connectivity index (χ0n) is 13.5. The van der Waals surface area contributed by atoms with Crippen LogP contribution in [-0.4, -0.2) is 18.8 Å². The van der Waals surface area contributed by atoms with Crippen molar-refractivity contribution in [3.05, 3.63) is 52.8 Å². The molecular formula is C17H9F3N2O4S. The Hall–Kier alpha value is -3.08. The van der Waals surface area contributed by atoms with E-state index in [4.69, 9.17) is 10.00 Å². The normalized spacial score (nSPS) is 21.7. The summed E-state index contributed by atoms with van der Waals surface area (Å²) in [6, 6.07) is 7.93. The van der Waals surface area contributed by atoms with Crippen LogP contribution in [0.15, 0.2) is 35.2 Å². The summed E-state index contributed by atoms with van der Waals surface area (Å²) in [6.07, 6.45) is 0. The molecule has 27 heavy (non-hydrogen) atoms. The molecule has 0 aromatic heterocycles. The standard InChI is InChI=1S/C17H9F3N2O4S/c1-16(23)15-12(8-22)13(2-3-14(15)27(24,25)17(16,19)20)26-11-5-9(7-21)4-10(18)6-11/h2-6,23H,1H3. The van der Waals surface area contributed by atoms with Crippen molar-refractivity contribution in [2.24, 2.45) is 0 Å². The number of hydrogen-bond donors (Lipinski definition) is 1. The van der Waals surface area contributed by atoms with E-state index in [1.807, 2.05) is 0 Å². The smallest absolute Gasteiger partial charge is 0.381 e. The fourth-order valence-electron chi connectivity index (χ4n) is 2.83. The van der Waals surface area contributed by atoms with E-state index >= 15 is 0 Å². The predicted octanol–water partition coefficient (Wildman–Crippen LogP) is 2.95. The van der Waals surface area contributed by atoms with Crippen LogP contribution >= 0.6 is 0 Å². The van der Waals surface area contributed by atoms with Crippen LogP contribution in [0.1, 0.15) is 23.6 Å². The maximum absolute atomic E-state index is 14.2. The molecule has 0 fully saturated rings. The Morgan fingerprint density at radius 2 is 1.81 bits per heavy atom. The molecule has 0 amide bonds. The molecule has 2 aromatic rings.